The quantitative estimate of drug-likeness (QED) is 0.187. The van der Waals surface area contributed by atoms with E-state index in [1.165, 1.54) is 0 Å². The Morgan fingerprint density at radius 1 is 0.579 bits per heavy atom. The molecule has 0 bridgehead atoms. The Morgan fingerprint density at radius 2 is 1.08 bits per heavy atom. The first kappa shape index (κ1) is 26.5. The molecule has 194 valence electrons. The summed E-state index contributed by atoms with van der Waals surface area (Å²) in [5.41, 5.74) is 3.26. The molecule has 0 spiro atoms. The number of rotatable bonds is 13. The molecule has 0 radical (unpaired) electrons. The first-order valence-corrected chi connectivity index (χ1v) is 12.4. The first-order chi connectivity index (χ1) is 18.5. The Kier molecular flexibility index (Phi) is 9.13. The molecule has 4 rings (SSSR count). The lowest BCUT2D eigenvalue weighted by Crippen LogP contribution is -2.24. The van der Waals surface area contributed by atoms with Crippen molar-refractivity contribution in [3.05, 3.63) is 108 Å². The number of benzene rings is 4. The molecule has 6 nitrogen and oxygen atoms in total. The lowest BCUT2D eigenvalue weighted by Gasteiger charge is -2.22. The molecule has 0 amide bonds. The van der Waals surface area contributed by atoms with Crippen LogP contribution in [0.1, 0.15) is 34.6 Å². The van der Waals surface area contributed by atoms with E-state index in [1.807, 2.05) is 62.4 Å². The van der Waals surface area contributed by atoms with E-state index in [1.54, 1.807) is 48.5 Å². The zero-order chi connectivity index (χ0) is 26.7. The van der Waals surface area contributed by atoms with Gasteiger partial charge in [0.2, 0.25) is 0 Å². The Morgan fingerprint density at radius 3 is 1.58 bits per heavy atom. The normalized spacial score (nSPS) is 12.2. The molecular weight excluding hydrogens is 480 g/mol. The molecule has 38 heavy (non-hydrogen) atoms. The molecule has 0 aromatic heterocycles. The minimum Gasteiger partial charge on any atom is -0.490 e. The average molecular weight is 511 g/mol. The molecule has 0 saturated carbocycles. The maximum atomic E-state index is 10.9. The Balaban J connectivity index is 1.44. The number of aldehydes is 2. The standard InChI is InChI=1S/C32H30O6/c1-23(21-35-29-13-8-25(19-33)9-14-29)37-31-17-12-28(27-6-4-3-5-7-27)18-32(31)38-24(2)22-36-30-15-10-26(20-34)11-16-30/h3-20,23-24H,21-22H2,1-2H3. The Labute approximate surface area is 222 Å². The third-order valence-corrected chi connectivity index (χ3v) is 5.71. The molecule has 0 N–H and O–H groups in total. The van der Waals surface area contributed by atoms with Crippen LogP contribution in [-0.4, -0.2) is 38.0 Å². The minimum absolute atomic E-state index is 0.270. The highest BCUT2D eigenvalue weighted by atomic mass is 16.6. The van der Waals surface area contributed by atoms with Crippen LogP contribution in [0, 0.1) is 0 Å². The summed E-state index contributed by atoms with van der Waals surface area (Å²) in [5, 5.41) is 0. The van der Waals surface area contributed by atoms with Crippen LogP contribution in [0.5, 0.6) is 23.0 Å². The van der Waals surface area contributed by atoms with Crippen LogP contribution in [0.4, 0.5) is 0 Å². The van der Waals surface area contributed by atoms with Crippen molar-refractivity contribution in [3.8, 4) is 34.1 Å². The molecule has 0 fully saturated rings. The molecule has 2 unspecified atom stereocenters. The Hall–Kier alpha value is -4.58. The minimum atomic E-state index is -0.281. The number of ether oxygens (including phenoxy) is 4. The predicted octanol–water partition coefficient (Wildman–Crippen LogP) is 6.67. The molecule has 6 heteroatoms. The lowest BCUT2D eigenvalue weighted by atomic mass is 10.1. The van der Waals surface area contributed by atoms with Crippen LogP contribution < -0.4 is 18.9 Å². The topological polar surface area (TPSA) is 71.1 Å². The van der Waals surface area contributed by atoms with Crippen LogP contribution in [0.25, 0.3) is 11.1 Å². The van der Waals surface area contributed by atoms with Crippen molar-refractivity contribution in [2.24, 2.45) is 0 Å². The van der Waals surface area contributed by atoms with Gasteiger partial charge in [0.15, 0.2) is 11.5 Å². The summed E-state index contributed by atoms with van der Waals surface area (Å²) in [6, 6.07) is 29.8. The fourth-order valence-electron chi connectivity index (χ4n) is 3.72. The number of carbonyl (C=O) groups is 2. The second-order valence-corrected chi connectivity index (χ2v) is 8.88. The molecule has 0 aliphatic heterocycles. The Bertz CT molecular complexity index is 1320. The molecular formula is C32H30O6. The van der Waals surface area contributed by atoms with Gasteiger partial charge < -0.3 is 18.9 Å². The van der Waals surface area contributed by atoms with E-state index in [-0.39, 0.29) is 12.2 Å². The van der Waals surface area contributed by atoms with Gasteiger partial charge in [0, 0.05) is 11.1 Å². The van der Waals surface area contributed by atoms with Gasteiger partial charge in [0.1, 0.15) is 49.5 Å². The van der Waals surface area contributed by atoms with Crippen molar-refractivity contribution in [1.29, 1.82) is 0 Å². The van der Waals surface area contributed by atoms with E-state index in [0.717, 1.165) is 23.7 Å². The molecule has 0 saturated heterocycles. The second kappa shape index (κ2) is 13.1. The van der Waals surface area contributed by atoms with Crippen molar-refractivity contribution < 1.29 is 28.5 Å². The zero-order valence-corrected chi connectivity index (χ0v) is 21.4. The van der Waals surface area contributed by atoms with Gasteiger partial charge in [0.25, 0.3) is 0 Å². The van der Waals surface area contributed by atoms with E-state index in [0.29, 0.717) is 47.3 Å². The number of carbonyl (C=O) groups excluding carboxylic acids is 2. The molecule has 2 atom stereocenters. The lowest BCUT2D eigenvalue weighted by molar-refractivity contribution is 0.111. The van der Waals surface area contributed by atoms with Gasteiger partial charge in [-0.3, -0.25) is 9.59 Å². The first-order valence-electron chi connectivity index (χ1n) is 12.4. The highest BCUT2D eigenvalue weighted by molar-refractivity contribution is 5.75. The largest absolute Gasteiger partial charge is 0.490 e. The maximum Gasteiger partial charge on any atom is 0.162 e. The van der Waals surface area contributed by atoms with Crippen LogP contribution in [0.15, 0.2) is 97.1 Å². The van der Waals surface area contributed by atoms with Crippen molar-refractivity contribution in [1.82, 2.24) is 0 Å². The fraction of sp³-hybridized carbons (Fsp3) is 0.188. The van der Waals surface area contributed by atoms with Gasteiger partial charge in [-0.25, -0.2) is 0 Å². The maximum absolute atomic E-state index is 10.9. The van der Waals surface area contributed by atoms with Crippen molar-refractivity contribution >= 4 is 12.6 Å². The van der Waals surface area contributed by atoms with E-state index < -0.39 is 0 Å². The third kappa shape index (κ3) is 7.46. The highest BCUT2D eigenvalue weighted by Gasteiger charge is 2.15. The summed E-state index contributed by atoms with van der Waals surface area (Å²) in [5.74, 6) is 2.52. The van der Waals surface area contributed by atoms with E-state index in [4.69, 9.17) is 18.9 Å². The molecule has 0 heterocycles. The smallest absolute Gasteiger partial charge is 0.162 e. The molecule has 4 aromatic carbocycles. The summed E-state index contributed by atoms with van der Waals surface area (Å²) < 4.78 is 24.2. The van der Waals surface area contributed by atoms with Crippen molar-refractivity contribution in [2.45, 2.75) is 26.1 Å². The van der Waals surface area contributed by atoms with Crippen LogP contribution >= 0.6 is 0 Å². The van der Waals surface area contributed by atoms with Gasteiger partial charge in [-0.15, -0.1) is 0 Å². The summed E-state index contributed by atoms with van der Waals surface area (Å²) in [4.78, 5) is 21.7. The monoisotopic (exact) mass is 510 g/mol. The third-order valence-electron chi connectivity index (χ3n) is 5.71. The van der Waals surface area contributed by atoms with Crippen LogP contribution in [0.3, 0.4) is 0 Å². The SMILES string of the molecule is CC(COc1ccc(C=O)cc1)Oc1ccc(-c2ccccc2)cc1OC(C)COc1ccc(C=O)cc1. The van der Waals surface area contributed by atoms with Gasteiger partial charge in [-0.1, -0.05) is 36.4 Å². The van der Waals surface area contributed by atoms with Crippen LogP contribution in [0.2, 0.25) is 0 Å². The zero-order valence-electron chi connectivity index (χ0n) is 21.4. The van der Waals surface area contributed by atoms with Gasteiger partial charge in [-0.2, -0.15) is 0 Å². The molecule has 4 aromatic rings. The van der Waals surface area contributed by atoms with Gasteiger partial charge in [-0.05, 0) is 85.6 Å². The van der Waals surface area contributed by atoms with Crippen molar-refractivity contribution in [3.63, 3.8) is 0 Å². The molecule has 0 aliphatic carbocycles. The molecule has 0 aliphatic rings. The highest BCUT2D eigenvalue weighted by Crippen LogP contribution is 2.34. The van der Waals surface area contributed by atoms with Gasteiger partial charge in [0.05, 0.1) is 0 Å². The fourth-order valence-corrected chi connectivity index (χ4v) is 3.72. The summed E-state index contributed by atoms with van der Waals surface area (Å²) in [7, 11) is 0. The second-order valence-electron chi connectivity index (χ2n) is 8.88. The van der Waals surface area contributed by atoms with E-state index in [2.05, 4.69) is 0 Å². The summed E-state index contributed by atoms with van der Waals surface area (Å²) in [6.45, 7) is 4.47. The van der Waals surface area contributed by atoms with Crippen molar-refractivity contribution in [2.75, 3.05) is 13.2 Å². The number of hydrogen-bond acceptors (Lipinski definition) is 6. The predicted molar refractivity (Wildman–Crippen MR) is 147 cm³/mol. The average Bonchev–Trinajstić information content (AvgIpc) is 2.97. The van der Waals surface area contributed by atoms with Crippen LogP contribution in [-0.2, 0) is 0 Å². The summed E-state index contributed by atoms with van der Waals surface area (Å²) in [6.07, 6.45) is 1.04. The number of hydrogen-bond donors (Lipinski definition) is 0. The van der Waals surface area contributed by atoms with E-state index in [9.17, 15) is 9.59 Å². The summed E-state index contributed by atoms with van der Waals surface area (Å²) >= 11 is 0. The van der Waals surface area contributed by atoms with Gasteiger partial charge >= 0.3 is 0 Å². The van der Waals surface area contributed by atoms with E-state index >= 15 is 0 Å².